The highest BCUT2D eigenvalue weighted by atomic mass is 16.2. The molecule has 4 rings (SSSR count). The van der Waals surface area contributed by atoms with E-state index in [1.54, 1.807) is 0 Å². The number of rotatable bonds is 4. The summed E-state index contributed by atoms with van der Waals surface area (Å²) in [5, 5.41) is 8.88. The van der Waals surface area contributed by atoms with Crippen LogP contribution in [0.25, 0.3) is 0 Å². The van der Waals surface area contributed by atoms with Crippen LogP contribution in [-0.2, 0) is 29.2 Å². The predicted molar refractivity (Wildman–Crippen MR) is 90.3 cm³/mol. The van der Waals surface area contributed by atoms with Crippen molar-refractivity contribution in [1.82, 2.24) is 20.9 Å². The van der Waals surface area contributed by atoms with E-state index in [9.17, 15) is 14.4 Å². The number of nitrogens with one attached hydrogen (secondary N) is 3. The van der Waals surface area contributed by atoms with Gasteiger partial charge < -0.3 is 16.0 Å². The number of fused-ring (bicyclic) bond motifs is 1. The maximum absolute atomic E-state index is 12.5. The number of carbonyl (C=O) groups excluding carboxylic acids is 3. The second kappa shape index (κ2) is 6.15. The van der Waals surface area contributed by atoms with Crippen molar-refractivity contribution in [2.45, 2.75) is 50.9 Å². The van der Waals surface area contributed by atoms with E-state index < -0.39 is 11.6 Å². The molecular weight excluding hydrogens is 320 g/mol. The van der Waals surface area contributed by atoms with Crippen LogP contribution in [0.1, 0.15) is 42.4 Å². The molecule has 0 bridgehead atoms. The molecule has 2 fully saturated rings. The van der Waals surface area contributed by atoms with Gasteiger partial charge >= 0.3 is 6.03 Å². The van der Waals surface area contributed by atoms with E-state index in [0.717, 1.165) is 36.4 Å². The lowest BCUT2D eigenvalue weighted by atomic mass is 9.98. The van der Waals surface area contributed by atoms with Crippen LogP contribution >= 0.6 is 0 Å². The van der Waals surface area contributed by atoms with Crippen molar-refractivity contribution in [2.75, 3.05) is 6.54 Å². The quantitative estimate of drug-likeness (QED) is 0.705. The van der Waals surface area contributed by atoms with Crippen molar-refractivity contribution in [3.63, 3.8) is 0 Å². The number of hydrogen-bond acceptors (Lipinski definition) is 4. The van der Waals surface area contributed by atoms with Crippen LogP contribution in [-0.4, -0.2) is 34.8 Å². The first kappa shape index (κ1) is 16.1. The summed E-state index contributed by atoms with van der Waals surface area (Å²) in [6, 6.07) is 5.69. The molecule has 1 aromatic carbocycles. The molecule has 1 saturated carbocycles. The molecule has 1 aliphatic carbocycles. The number of carbonyl (C=O) groups is 3. The van der Waals surface area contributed by atoms with Gasteiger partial charge in [0.1, 0.15) is 12.1 Å². The molecule has 0 atom stereocenters. The summed E-state index contributed by atoms with van der Waals surface area (Å²) in [6.45, 7) is 1.90. The van der Waals surface area contributed by atoms with E-state index in [-0.39, 0.29) is 18.4 Å². The van der Waals surface area contributed by atoms with Crippen LogP contribution in [0.3, 0.4) is 0 Å². The fourth-order valence-electron chi connectivity index (χ4n) is 4.00. The molecule has 2 heterocycles. The van der Waals surface area contributed by atoms with Crippen LogP contribution in [0, 0.1) is 0 Å². The lowest BCUT2D eigenvalue weighted by Crippen LogP contribution is -2.45. The van der Waals surface area contributed by atoms with Crippen LogP contribution in [0.5, 0.6) is 0 Å². The third kappa shape index (κ3) is 2.89. The van der Waals surface area contributed by atoms with Crippen molar-refractivity contribution in [1.29, 1.82) is 0 Å². The Morgan fingerprint density at radius 3 is 2.72 bits per heavy atom. The van der Waals surface area contributed by atoms with Crippen LogP contribution < -0.4 is 16.0 Å². The Balaban J connectivity index is 1.34. The van der Waals surface area contributed by atoms with Crippen molar-refractivity contribution in [3.8, 4) is 0 Å². The Labute approximate surface area is 146 Å². The molecule has 3 N–H and O–H groups in total. The van der Waals surface area contributed by atoms with Gasteiger partial charge in [0.15, 0.2) is 0 Å². The van der Waals surface area contributed by atoms with Gasteiger partial charge in [0.25, 0.3) is 5.91 Å². The molecule has 4 amide bonds. The normalized spacial score (nSPS) is 20.9. The number of nitrogens with zero attached hydrogens (tertiary/aromatic N) is 1. The van der Waals surface area contributed by atoms with E-state index in [0.29, 0.717) is 19.4 Å². The minimum atomic E-state index is -0.760. The molecule has 25 heavy (non-hydrogen) atoms. The molecule has 3 aliphatic rings. The first-order valence-electron chi connectivity index (χ1n) is 8.80. The maximum atomic E-state index is 12.5. The Bertz CT molecular complexity index is 740. The monoisotopic (exact) mass is 342 g/mol. The molecule has 7 nitrogen and oxygen atoms in total. The summed E-state index contributed by atoms with van der Waals surface area (Å²) in [5.41, 5.74) is 2.80. The fraction of sp³-hybridized carbons (Fsp3) is 0.500. The molecule has 1 spiro atoms. The van der Waals surface area contributed by atoms with Crippen molar-refractivity contribution >= 4 is 17.8 Å². The van der Waals surface area contributed by atoms with Gasteiger partial charge in [0.2, 0.25) is 5.91 Å². The largest absolute Gasteiger partial charge is 0.350 e. The fourth-order valence-corrected chi connectivity index (χ4v) is 4.00. The summed E-state index contributed by atoms with van der Waals surface area (Å²) in [7, 11) is 0. The Hall–Kier alpha value is -2.41. The highest BCUT2D eigenvalue weighted by molar-refractivity contribution is 6.09. The molecule has 1 aromatic rings. The Morgan fingerprint density at radius 2 is 1.92 bits per heavy atom. The third-order valence-corrected chi connectivity index (χ3v) is 5.40. The second-order valence-corrected chi connectivity index (χ2v) is 7.09. The van der Waals surface area contributed by atoms with Gasteiger partial charge in [-0.05, 0) is 29.5 Å². The first-order chi connectivity index (χ1) is 12.1. The van der Waals surface area contributed by atoms with Gasteiger partial charge in [-0.1, -0.05) is 31.0 Å². The van der Waals surface area contributed by atoms with Gasteiger partial charge in [-0.15, -0.1) is 0 Å². The number of amides is 4. The molecule has 2 aliphatic heterocycles. The molecule has 132 valence electrons. The zero-order chi connectivity index (χ0) is 17.4. The van der Waals surface area contributed by atoms with E-state index in [1.165, 1.54) is 11.1 Å². The van der Waals surface area contributed by atoms with Crippen molar-refractivity contribution in [2.24, 2.45) is 0 Å². The average molecular weight is 342 g/mol. The van der Waals surface area contributed by atoms with Crippen molar-refractivity contribution < 1.29 is 14.4 Å². The minimum Gasteiger partial charge on any atom is -0.350 e. The number of benzene rings is 1. The molecule has 0 radical (unpaired) electrons. The SMILES string of the molecule is O=C(CN1C(=O)NC2(CCCC2)C1=O)NCc1ccc2c(c1)CNC2. The number of urea groups is 1. The Kier molecular flexibility index (Phi) is 3.95. The third-order valence-electron chi connectivity index (χ3n) is 5.40. The molecule has 7 heteroatoms. The first-order valence-corrected chi connectivity index (χ1v) is 8.80. The molecule has 1 saturated heterocycles. The standard InChI is InChI=1S/C18H22N4O3/c23-15(20-8-12-3-4-13-9-19-10-14(13)7-12)11-22-16(24)18(21-17(22)25)5-1-2-6-18/h3-4,7,19H,1-2,5-6,8-11H2,(H,20,23)(H,21,25). The topological polar surface area (TPSA) is 90.5 Å². The van der Waals surface area contributed by atoms with E-state index in [2.05, 4.69) is 28.1 Å². The average Bonchev–Trinajstić information content (AvgIpc) is 3.30. The van der Waals surface area contributed by atoms with Gasteiger partial charge in [-0.25, -0.2) is 4.79 Å². The lowest BCUT2D eigenvalue weighted by Gasteiger charge is -2.19. The lowest BCUT2D eigenvalue weighted by molar-refractivity contribution is -0.134. The van der Waals surface area contributed by atoms with Gasteiger partial charge in [-0.2, -0.15) is 0 Å². The molecule has 0 unspecified atom stereocenters. The number of hydrogen-bond donors (Lipinski definition) is 3. The van der Waals surface area contributed by atoms with Crippen LogP contribution in [0.4, 0.5) is 4.79 Å². The van der Waals surface area contributed by atoms with Crippen molar-refractivity contribution in [3.05, 3.63) is 34.9 Å². The zero-order valence-corrected chi connectivity index (χ0v) is 14.1. The maximum Gasteiger partial charge on any atom is 0.325 e. The highest BCUT2D eigenvalue weighted by Gasteiger charge is 2.52. The molecule has 0 aromatic heterocycles. The smallest absolute Gasteiger partial charge is 0.325 e. The summed E-state index contributed by atoms with van der Waals surface area (Å²) >= 11 is 0. The predicted octanol–water partition coefficient (Wildman–Crippen LogP) is 0.771. The van der Waals surface area contributed by atoms with Gasteiger partial charge in [0, 0.05) is 19.6 Å². The van der Waals surface area contributed by atoms with E-state index >= 15 is 0 Å². The summed E-state index contributed by atoms with van der Waals surface area (Å²) in [6.07, 6.45) is 3.19. The summed E-state index contributed by atoms with van der Waals surface area (Å²) in [4.78, 5) is 37.9. The second-order valence-electron chi connectivity index (χ2n) is 7.09. The van der Waals surface area contributed by atoms with Gasteiger partial charge in [-0.3, -0.25) is 14.5 Å². The van der Waals surface area contributed by atoms with E-state index in [4.69, 9.17) is 0 Å². The number of imide groups is 1. The van der Waals surface area contributed by atoms with Crippen LogP contribution in [0.2, 0.25) is 0 Å². The zero-order valence-electron chi connectivity index (χ0n) is 14.1. The van der Waals surface area contributed by atoms with Crippen LogP contribution in [0.15, 0.2) is 18.2 Å². The highest BCUT2D eigenvalue weighted by Crippen LogP contribution is 2.34. The summed E-state index contributed by atoms with van der Waals surface area (Å²) in [5.74, 6) is -0.578. The Morgan fingerprint density at radius 1 is 1.16 bits per heavy atom. The van der Waals surface area contributed by atoms with E-state index in [1.807, 2.05) is 6.07 Å². The molecular formula is C18H22N4O3. The minimum absolute atomic E-state index is 0.223. The van der Waals surface area contributed by atoms with Gasteiger partial charge in [0.05, 0.1) is 0 Å². The summed E-state index contributed by atoms with van der Waals surface area (Å²) < 4.78 is 0.